The first kappa shape index (κ1) is 10.4. The highest BCUT2D eigenvalue weighted by atomic mass is 16.5. The fourth-order valence-electron chi connectivity index (χ4n) is 0.772. The Labute approximate surface area is 68.2 Å². The van der Waals surface area contributed by atoms with Crippen LogP contribution in [0.25, 0.3) is 0 Å². The summed E-state index contributed by atoms with van der Waals surface area (Å²) in [5, 5.41) is 0. The van der Waals surface area contributed by atoms with E-state index in [1.165, 1.54) is 0 Å². The summed E-state index contributed by atoms with van der Waals surface area (Å²) in [5.74, 6) is 0. The lowest BCUT2D eigenvalue weighted by atomic mass is 10.2. The Kier molecular flexibility index (Phi) is 8.83. The first-order valence-electron chi connectivity index (χ1n) is 3.99. The molecule has 0 spiro atoms. The Balaban J connectivity index is 2.94. The Bertz CT molecular complexity index is 108. The second-order valence-electron chi connectivity index (χ2n) is 2.38. The molecule has 0 aromatic rings. The van der Waals surface area contributed by atoms with Gasteiger partial charge in [-0.25, -0.2) is 0 Å². The highest BCUT2D eigenvalue weighted by Crippen LogP contribution is 1.98. The third-order valence-electron chi connectivity index (χ3n) is 1.37. The van der Waals surface area contributed by atoms with Crippen molar-refractivity contribution in [2.75, 3.05) is 13.7 Å². The zero-order valence-corrected chi connectivity index (χ0v) is 7.08. The van der Waals surface area contributed by atoms with Crippen molar-refractivity contribution in [1.82, 2.24) is 0 Å². The van der Waals surface area contributed by atoms with Gasteiger partial charge in [0.15, 0.2) is 0 Å². The van der Waals surface area contributed by atoms with Crippen LogP contribution in [0, 0.1) is 0 Å². The van der Waals surface area contributed by atoms with Gasteiger partial charge in [-0.1, -0.05) is 12.2 Å². The summed E-state index contributed by atoms with van der Waals surface area (Å²) in [6, 6.07) is 0. The predicted molar refractivity (Wildman–Crippen MR) is 45.5 cm³/mol. The van der Waals surface area contributed by atoms with E-state index < -0.39 is 0 Å². The van der Waals surface area contributed by atoms with E-state index in [1.807, 2.05) is 6.08 Å². The van der Waals surface area contributed by atoms with Crippen LogP contribution in [0.15, 0.2) is 12.2 Å². The van der Waals surface area contributed by atoms with Crippen molar-refractivity contribution in [1.29, 1.82) is 0 Å². The average Bonchev–Trinajstić information content (AvgIpc) is 2.03. The Morgan fingerprint density at radius 3 is 2.55 bits per heavy atom. The van der Waals surface area contributed by atoms with Gasteiger partial charge in [0.1, 0.15) is 6.29 Å². The molecule has 0 heterocycles. The Morgan fingerprint density at radius 1 is 1.18 bits per heavy atom. The van der Waals surface area contributed by atoms with Crippen LogP contribution in [0.1, 0.15) is 25.7 Å². The maximum Gasteiger partial charge on any atom is 0.119 e. The van der Waals surface area contributed by atoms with E-state index in [2.05, 4.69) is 6.08 Å². The molecule has 0 saturated heterocycles. The molecular weight excluding hydrogens is 140 g/mol. The van der Waals surface area contributed by atoms with Crippen molar-refractivity contribution in [2.45, 2.75) is 25.7 Å². The zero-order valence-electron chi connectivity index (χ0n) is 7.08. The summed E-state index contributed by atoms with van der Waals surface area (Å²) in [4.78, 5) is 9.90. The standard InChI is InChI=1S/C9H16O2/c1-11-9-7-5-3-2-4-6-8-10/h5,7-8H,2-4,6,9H2,1H3. The summed E-state index contributed by atoms with van der Waals surface area (Å²) in [5.41, 5.74) is 0. The Morgan fingerprint density at radius 2 is 1.91 bits per heavy atom. The van der Waals surface area contributed by atoms with Gasteiger partial charge < -0.3 is 9.53 Å². The summed E-state index contributed by atoms with van der Waals surface area (Å²) < 4.78 is 4.83. The molecule has 11 heavy (non-hydrogen) atoms. The number of methoxy groups -OCH3 is 1. The van der Waals surface area contributed by atoms with Crippen molar-refractivity contribution >= 4 is 6.29 Å². The largest absolute Gasteiger partial charge is 0.381 e. The molecule has 0 aliphatic rings. The smallest absolute Gasteiger partial charge is 0.119 e. The molecule has 64 valence electrons. The molecule has 0 radical (unpaired) electrons. The fourth-order valence-corrected chi connectivity index (χ4v) is 0.772. The summed E-state index contributed by atoms with van der Waals surface area (Å²) in [7, 11) is 1.68. The number of ether oxygens (including phenoxy) is 1. The lowest BCUT2D eigenvalue weighted by Crippen LogP contribution is -1.81. The number of rotatable bonds is 7. The predicted octanol–water partition coefficient (Wildman–Crippen LogP) is 1.95. The number of allylic oxidation sites excluding steroid dienone is 1. The molecule has 0 amide bonds. The minimum Gasteiger partial charge on any atom is -0.381 e. The van der Waals surface area contributed by atoms with E-state index in [1.54, 1.807) is 7.11 Å². The summed E-state index contributed by atoms with van der Waals surface area (Å²) in [6.07, 6.45) is 8.91. The molecule has 0 N–H and O–H groups in total. The lowest BCUT2D eigenvalue weighted by Gasteiger charge is -1.91. The van der Waals surface area contributed by atoms with E-state index in [4.69, 9.17) is 4.74 Å². The number of carbonyl (C=O) groups is 1. The molecule has 0 atom stereocenters. The molecule has 2 nitrogen and oxygen atoms in total. The molecule has 0 saturated carbocycles. The van der Waals surface area contributed by atoms with Crippen LogP contribution in [-0.4, -0.2) is 20.0 Å². The molecule has 0 fully saturated rings. The minimum absolute atomic E-state index is 0.688. The van der Waals surface area contributed by atoms with Crippen LogP contribution < -0.4 is 0 Å². The van der Waals surface area contributed by atoms with Gasteiger partial charge in [-0.05, 0) is 19.3 Å². The van der Waals surface area contributed by atoms with Gasteiger partial charge in [0.05, 0.1) is 6.61 Å². The topological polar surface area (TPSA) is 26.3 Å². The second kappa shape index (κ2) is 9.37. The highest BCUT2D eigenvalue weighted by molar-refractivity contribution is 5.48. The normalized spacial score (nSPS) is 10.6. The number of aldehydes is 1. The quantitative estimate of drug-likeness (QED) is 0.320. The SMILES string of the molecule is COCC=CCCCCC=O. The van der Waals surface area contributed by atoms with Crippen molar-refractivity contribution in [3.63, 3.8) is 0 Å². The van der Waals surface area contributed by atoms with Gasteiger partial charge in [0.2, 0.25) is 0 Å². The maximum atomic E-state index is 9.90. The first-order chi connectivity index (χ1) is 5.41. The minimum atomic E-state index is 0.688. The van der Waals surface area contributed by atoms with E-state index in [0.29, 0.717) is 13.0 Å². The highest BCUT2D eigenvalue weighted by Gasteiger charge is 1.83. The molecule has 0 bridgehead atoms. The Hall–Kier alpha value is -0.630. The third-order valence-corrected chi connectivity index (χ3v) is 1.37. The molecule has 0 aromatic carbocycles. The lowest BCUT2D eigenvalue weighted by molar-refractivity contribution is -0.107. The second-order valence-corrected chi connectivity index (χ2v) is 2.38. The van der Waals surface area contributed by atoms with Crippen molar-refractivity contribution in [2.24, 2.45) is 0 Å². The van der Waals surface area contributed by atoms with E-state index >= 15 is 0 Å². The maximum absolute atomic E-state index is 9.90. The number of hydrogen-bond donors (Lipinski definition) is 0. The number of hydrogen-bond acceptors (Lipinski definition) is 2. The molecule has 0 aliphatic heterocycles. The summed E-state index contributed by atoms with van der Waals surface area (Å²) in [6.45, 7) is 0.688. The zero-order chi connectivity index (χ0) is 8.36. The summed E-state index contributed by atoms with van der Waals surface area (Å²) >= 11 is 0. The van der Waals surface area contributed by atoms with E-state index in [-0.39, 0.29) is 0 Å². The molecule has 0 rings (SSSR count). The first-order valence-corrected chi connectivity index (χ1v) is 3.99. The van der Waals surface area contributed by atoms with Crippen LogP contribution >= 0.6 is 0 Å². The fraction of sp³-hybridized carbons (Fsp3) is 0.667. The van der Waals surface area contributed by atoms with Crippen LogP contribution in [0.2, 0.25) is 0 Å². The van der Waals surface area contributed by atoms with E-state index in [0.717, 1.165) is 25.5 Å². The van der Waals surface area contributed by atoms with Crippen molar-refractivity contribution in [3.8, 4) is 0 Å². The van der Waals surface area contributed by atoms with Gasteiger partial charge in [-0.3, -0.25) is 0 Å². The molecule has 0 unspecified atom stereocenters. The monoisotopic (exact) mass is 156 g/mol. The van der Waals surface area contributed by atoms with Crippen LogP contribution in [0.3, 0.4) is 0 Å². The van der Waals surface area contributed by atoms with Crippen LogP contribution in [-0.2, 0) is 9.53 Å². The number of unbranched alkanes of at least 4 members (excludes halogenated alkanes) is 3. The van der Waals surface area contributed by atoms with E-state index in [9.17, 15) is 4.79 Å². The van der Waals surface area contributed by atoms with Gasteiger partial charge in [0, 0.05) is 13.5 Å². The van der Waals surface area contributed by atoms with Gasteiger partial charge in [0.25, 0.3) is 0 Å². The van der Waals surface area contributed by atoms with Crippen LogP contribution in [0.4, 0.5) is 0 Å². The third kappa shape index (κ3) is 9.37. The van der Waals surface area contributed by atoms with Gasteiger partial charge >= 0.3 is 0 Å². The molecule has 0 aromatic heterocycles. The number of carbonyl (C=O) groups excluding carboxylic acids is 1. The molecule has 2 heteroatoms. The molecular formula is C9H16O2. The van der Waals surface area contributed by atoms with Crippen molar-refractivity contribution < 1.29 is 9.53 Å². The molecule has 0 aliphatic carbocycles. The van der Waals surface area contributed by atoms with Crippen molar-refractivity contribution in [3.05, 3.63) is 12.2 Å². The average molecular weight is 156 g/mol. The van der Waals surface area contributed by atoms with Gasteiger partial charge in [-0.15, -0.1) is 0 Å². The van der Waals surface area contributed by atoms with Gasteiger partial charge in [-0.2, -0.15) is 0 Å². The van der Waals surface area contributed by atoms with Crippen LogP contribution in [0.5, 0.6) is 0 Å².